The summed E-state index contributed by atoms with van der Waals surface area (Å²) < 4.78 is 5.31. The summed E-state index contributed by atoms with van der Waals surface area (Å²) in [7, 11) is 0. The monoisotopic (exact) mass is 635 g/mol. The highest BCUT2D eigenvalue weighted by Crippen LogP contribution is 2.29. The molecule has 46 heavy (non-hydrogen) atoms. The Labute approximate surface area is 272 Å². The number of benzene rings is 2. The van der Waals surface area contributed by atoms with E-state index >= 15 is 0 Å². The maximum atomic E-state index is 13.6. The van der Waals surface area contributed by atoms with Gasteiger partial charge in [-0.3, -0.25) is 19.2 Å². The SMILES string of the molecule is CC(C)C[C@H](NC(=O)[C@H](CCc1ccccc1)NC(=O)Nc1ccccc1)C(=O)N[C@@H](C)C(=O)N[C@@H](CC(C)C)C(=O)[C@@]1(C)CO1. The van der Waals surface area contributed by atoms with Gasteiger partial charge in [-0.2, -0.15) is 0 Å². The third kappa shape index (κ3) is 11.6. The fraction of sp³-hybridized carbons (Fsp3) is 0.514. The van der Waals surface area contributed by atoms with Gasteiger partial charge in [-0.25, -0.2) is 4.79 Å². The van der Waals surface area contributed by atoms with Crippen LogP contribution in [-0.4, -0.2) is 65.9 Å². The van der Waals surface area contributed by atoms with E-state index in [-0.39, 0.29) is 17.6 Å². The molecule has 2 aromatic rings. The van der Waals surface area contributed by atoms with Crippen LogP contribution in [0.2, 0.25) is 0 Å². The number of aryl methyl sites for hydroxylation is 1. The summed E-state index contributed by atoms with van der Waals surface area (Å²) in [5.74, 6) is -1.58. The van der Waals surface area contributed by atoms with Crippen LogP contribution in [0.1, 0.15) is 66.4 Å². The summed E-state index contributed by atoms with van der Waals surface area (Å²) in [4.78, 5) is 66.1. The number of carbonyl (C=O) groups is 5. The Kier molecular flexibility index (Phi) is 13.3. The number of amides is 5. The summed E-state index contributed by atoms with van der Waals surface area (Å²) in [5.41, 5.74) is 0.677. The Balaban J connectivity index is 1.68. The fourth-order valence-electron chi connectivity index (χ4n) is 5.04. The van der Waals surface area contributed by atoms with Gasteiger partial charge in [-0.15, -0.1) is 0 Å². The number of hydrogen-bond acceptors (Lipinski definition) is 6. The largest absolute Gasteiger partial charge is 0.361 e. The molecule has 0 unspecified atom stereocenters. The first-order valence-electron chi connectivity index (χ1n) is 16.0. The number of ether oxygens (including phenoxy) is 1. The zero-order chi connectivity index (χ0) is 33.9. The molecule has 0 aliphatic carbocycles. The number of ketones is 1. The van der Waals surface area contributed by atoms with E-state index in [9.17, 15) is 24.0 Å². The van der Waals surface area contributed by atoms with Crippen molar-refractivity contribution in [3.63, 3.8) is 0 Å². The zero-order valence-corrected chi connectivity index (χ0v) is 27.7. The molecule has 0 spiro atoms. The molecule has 1 aliphatic rings. The van der Waals surface area contributed by atoms with Crippen LogP contribution in [0.3, 0.4) is 0 Å². The predicted octanol–water partition coefficient (Wildman–Crippen LogP) is 3.73. The highest BCUT2D eigenvalue weighted by Gasteiger charge is 2.50. The molecule has 11 heteroatoms. The number of urea groups is 1. The van der Waals surface area contributed by atoms with E-state index in [0.717, 1.165) is 5.56 Å². The molecule has 0 aromatic heterocycles. The highest BCUT2D eigenvalue weighted by molar-refractivity contribution is 5.99. The van der Waals surface area contributed by atoms with E-state index in [4.69, 9.17) is 4.74 Å². The third-order valence-corrected chi connectivity index (χ3v) is 7.75. The second-order valence-electron chi connectivity index (χ2n) is 13.0. The second-order valence-corrected chi connectivity index (χ2v) is 13.0. The van der Waals surface area contributed by atoms with Crippen molar-refractivity contribution in [2.75, 3.05) is 11.9 Å². The predicted molar refractivity (Wildman–Crippen MR) is 177 cm³/mol. The molecular formula is C35H49N5O6. The molecule has 5 N–H and O–H groups in total. The molecule has 5 amide bonds. The smallest absolute Gasteiger partial charge is 0.319 e. The molecule has 250 valence electrons. The summed E-state index contributed by atoms with van der Waals surface area (Å²) in [6.45, 7) is 11.3. The van der Waals surface area contributed by atoms with Crippen LogP contribution in [0, 0.1) is 11.8 Å². The standard InChI is InChI=1S/C35H49N5O6/c1-22(2)19-28(30(41)35(6)21-46-35)38-31(42)24(5)36-33(44)29(20-23(3)4)39-32(43)27(18-17-25-13-9-7-10-14-25)40-34(45)37-26-15-11-8-12-16-26/h7-16,22-24,27-29H,17-21H2,1-6H3,(H,36,44)(H,38,42)(H,39,43)(H2,37,40,45)/t24-,27-,28-,29-,35+/m0/s1. The van der Waals surface area contributed by atoms with Crippen LogP contribution in [0.15, 0.2) is 60.7 Å². The maximum absolute atomic E-state index is 13.6. The summed E-state index contributed by atoms with van der Waals surface area (Å²) >= 11 is 0. The Bertz CT molecular complexity index is 1330. The summed E-state index contributed by atoms with van der Waals surface area (Å²) in [6.07, 6.45) is 1.55. The molecule has 1 saturated heterocycles. The minimum atomic E-state index is -0.974. The van der Waals surface area contributed by atoms with Crippen molar-refractivity contribution in [3.8, 4) is 0 Å². The lowest BCUT2D eigenvalue weighted by Crippen LogP contribution is -2.58. The van der Waals surface area contributed by atoms with E-state index in [1.807, 2.05) is 64.1 Å². The summed E-state index contributed by atoms with van der Waals surface area (Å²) in [5, 5.41) is 13.8. The average molecular weight is 636 g/mol. The lowest BCUT2D eigenvalue weighted by molar-refractivity contribution is -0.134. The molecule has 0 saturated carbocycles. The van der Waals surface area contributed by atoms with Crippen LogP contribution in [0.4, 0.5) is 10.5 Å². The van der Waals surface area contributed by atoms with E-state index < -0.39 is 53.5 Å². The number of carbonyl (C=O) groups excluding carboxylic acids is 5. The van der Waals surface area contributed by atoms with Crippen molar-refractivity contribution in [2.24, 2.45) is 11.8 Å². The van der Waals surface area contributed by atoms with Crippen LogP contribution in [0.25, 0.3) is 0 Å². The topological polar surface area (TPSA) is 158 Å². The third-order valence-electron chi connectivity index (χ3n) is 7.75. The number of hydrogen-bond donors (Lipinski definition) is 5. The van der Waals surface area contributed by atoms with Gasteiger partial charge in [-0.1, -0.05) is 76.2 Å². The molecule has 1 heterocycles. The molecule has 11 nitrogen and oxygen atoms in total. The minimum absolute atomic E-state index is 0.0321. The van der Waals surface area contributed by atoms with E-state index in [1.54, 1.807) is 31.2 Å². The molecule has 0 bridgehead atoms. The number of rotatable bonds is 17. The Morgan fingerprint density at radius 1 is 0.696 bits per heavy atom. The molecular weight excluding hydrogens is 586 g/mol. The second kappa shape index (κ2) is 16.9. The van der Waals surface area contributed by atoms with Gasteiger partial charge in [0.15, 0.2) is 5.78 Å². The number of para-hydroxylation sites is 1. The molecule has 2 aromatic carbocycles. The normalized spacial score (nSPS) is 18.1. The Hall–Kier alpha value is -4.25. The molecule has 1 aliphatic heterocycles. The first kappa shape index (κ1) is 36.2. The van der Waals surface area contributed by atoms with Gasteiger partial charge < -0.3 is 31.3 Å². The Morgan fingerprint density at radius 2 is 1.22 bits per heavy atom. The van der Waals surface area contributed by atoms with Crippen molar-refractivity contribution in [1.82, 2.24) is 21.3 Å². The number of anilines is 1. The average Bonchev–Trinajstić information content (AvgIpc) is 3.76. The van der Waals surface area contributed by atoms with Crippen molar-refractivity contribution in [1.29, 1.82) is 0 Å². The van der Waals surface area contributed by atoms with Crippen molar-refractivity contribution < 1.29 is 28.7 Å². The fourth-order valence-corrected chi connectivity index (χ4v) is 5.04. The van der Waals surface area contributed by atoms with Crippen LogP contribution >= 0.6 is 0 Å². The maximum Gasteiger partial charge on any atom is 0.319 e. The quantitative estimate of drug-likeness (QED) is 0.167. The molecule has 1 fully saturated rings. The van der Waals surface area contributed by atoms with Gasteiger partial charge >= 0.3 is 6.03 Å². The first-order valence-corrected chi connectivity index (χ1v) is 16.0. The Morgan fingerprint density at radius 3 is 1.78 bits per heavy atom. The number of Topliss-reactive ketones (excluding diaryl/α,β-unsaturated/α-hetero) is 1. The lowest BCUT2D eigenvalue weighted by atomic mass is 9.93. The summed E-state index contributed by atoms with van der Waals surface area (Å²) in [6, 6.07) is 14.3. The van der Waals surface area contributed by atoms with Gasteiger partial charge in [0.1, 0.15) is 23.7 Å². The van der Waals surface area contributed by atoms with Crippen LogP contribution < -0.4 is 26.6 Å². The van der Waals surface area contributed by atoms with E-state index in [1.165, 1.54) is 6.92 Å². The molecule has 5 atom stereocenters. The molecule has 3 rings (SSSR count). The highest BCUT2D eigenvalue weighted by atomic mass is 16.6. The van der Waals surface area contributed by atoms with Crippen molar-refractivity contribution in [2.45, 2.75) is 97.0 Å². The van der Waals surface area contributed by atoms with Gasteiger partial charge in [0.25, 0.3) is 0 Å². The lowest BCUT2D eigenvalue weighted by Gasteiger charge is -2.26. The minimum Gasteiger partial charge on any atom is -0.361 e. The van der Waals surface area contributed by atoms with Gasteiger partial charge in [0, 0.05) is 5.69 Å². The van der Waals surface area contributed by atoms with E-state index in [0.29, 0.717) is 38.0 Å². The molecule has 0 radical (unpaired) electrons. The van der Waals surface area contributed by atoms with Gasteiger partial charge in [-0.05, 0) is 69.1 Å². The van der Waals surface area contributed by atoms with Gasteiger partial charge in [0.2, 0.25) is 17.7 Å². The van der Waals surface area contributed by atoms with Crippen molar-refractivity contribution in [3.05, 3.63) is 66.2 Å². The van der Waals surface area contributed by atoms with Crippen LogP contribution in [-0.2, 0) is 30.3 Å². The van der Waals surface area contributed by atoms with Crippen molar-refractivity contribution >= 4 is 35.2 Å². The van der Waals surface area contributed by atoms with Crippen LogP contribution in [0.5, 0.6) is 0 Å². The zero-order valence-electron chi connectivity index (χ0n) is 27.7. The van der Waals surface area contributed by atoms with Gasteiger partial charge in [0.05, 0.1) is 12.6 Å². The number of nitrogens with one attached hydrogen (secondary N) is 5. The number of epoxide rings is 1. The van der Waals surface area contributed by atoms with E-state index in [2.05, 4.69) is 26.6 Å². The first-order chi connectivity index (χ1) is 21.8.